The highest BCUT2D eigenvalue weighted by atomic mass is 15.0. The summed E-state index contributed by atoms with van der Waals surface area (Å²) in [5.41, 5.74) is 5.43. The first kappa shape index (κ1) is 11.9. The predicted molar refractivity (Wildman–Crippen MR) is 69.8 cm³/mol. The molecule has 0 unspecified atom stereocenters. The highest BCUT2D eigenvalue weighted by Crippen LogP contribution is 2.16. The summed E-state index contributed by atoms with van der Waals surface area (Å²) < 4.78 is 0. The molecule has 0 fully saturated rings. The summed E-state index contributed by atoms with van der Waals surface area (Å²) in [6.07, 6.45) is 3.62. The molecule has 0 atom stereocenters. The SMILES string of the molecule is Cc1cc(C)c(CNCc2ncc[nH]2)c(C)c1. The molecule has 0 aliphatic rings. The van der Waals surface area contributed by atoms with Crippen LogP contribution in [0.3, 0.4) is 0 Å². The summed E-state index contributed by atoms with van der Waals surface area (Å²) in [5, 5.41) is 3.41. The van der Waals surface area contributed by atoms with Crippen LogP contribution in [0.25, 0.3) is 0 Å². The topological polar surface area (TPSA) is 40.7 Å². The molecule has 0 radical (unpaired) electrons. The summed E-state index contributed by atoms with van der Waals surface area (Å²) in [6, 6.07) is 4.47. The predicted octanol–water partition coefficient (Wildman–Crippen LogP) is 2.62. The molecule has 17 heavy (non-hydrogen) atoms. The van der Waals surface area contributed by atoms with Crippen LogP contribution < -0.4 is 5.32 Å². The lowest BCUT2D eigenvalue weighted by atomic mass is 10.00. The third-order valence-electron chi connectivity index (χ3n) is 2.99. The third-order valence-corrected chi connectivity index (χ3v) is 2.99. The molecule has 90 valence electrons. The van der Waals surface area contributed by atoms with E-state index in [2.05, 4.69) is 48.2 Å². The molecule has 0 aliphatic heterocycles. The van der Waals surface area contributed by atoms with Gasteiger partial charge < -0.3 is 10.3 Å². The first-order chi connectivity index (χ1) is 8.16. The van der Waals surface area contributed by atoms with E-state index in [0.29, 0.717) is 0 Å². The summed E-state index contributed by atoms with van der Waals surface area (Å²) in [5.74, 6) is 0.979. The molecular formula is C14H19N3. The Morgan fingerprint density at radius 3 is 2.41 bits per heavy atom. The van der Waals surface area contributed by atoms with Crippen LogP contribution in [0.4, 0.5) is 0 Å². The van der Waals surface area contributed by atoms with Crippen molar-refractivity contribution >= 4 is 0 Å². The van der Waals surface area contributed by atoms with Gasteiger partial charge in [0.05, 0.1) is 6.54 Å². The van der Waals surface area contributed by atoms with Gasteiger partial charge in [-0.2, -0.15) is 0 Å². The first-order valence-electron chi connectivity index (χ1n) is 5.92. The average molecular weight is 229 g/mol. The number of nitrogens with zero attached hydrogens (tertiary/aromatic N) is 1. The zero-order chi connectivity index (χ0) is 12.3. The van der Waals surface area contributed by atoms with Crippen molar-refractivity contribution in [2.45, 2.75) is 33.9 Å². The number of aromatic amines is 1. The lowest BCUT2D eigenvalue weighted by Gasteiger charge is -2.11. The van der Waals surface area contributed by atoms with Crippen molar-refractivity contribution in [1.82, 2.24) is 15.3 Å². The second-order valence-electron chi connectivity index (χ2n) is 4.52. The minimum absolute atomic E-state index is 0.778. The molecule has 0 bridgehead atoms. The fourth-order valence-electron chi connectivity index (χ4n) is 2.19. The van der Waals surface area contributed by atoms with Crippen LogP contribution >= 0.6 is 0 Å². The van der Waals surface area contributed by atoms with Crippen molar-refractivity contribution in [1.29, 1.82) is 0 Å². The quantitative estimate of drug-likeness (QED) is 0.846. The van der Waals surface area contributed by atoms with Gasteiger partial charge in [-0.1, -0.05) is 17.7 Å². The lowest BCUT2D eigenvalue weighted by Crippen LogP contribution is -2.15. The van der Waals surface area contributed by atoms with E-state index >= 15 is 0 Å². The molecule has 2 N–H and O–H groups in total. The van der Waals surface area contributed by atoms with Crippen molar-refractivity contribution in [3.05, 3.63) is 52.6 Å². The lowest BCUT2D eigenvalue weighted by molar-refractivity contribution is 0.664. The fraction of sp³-hybridized carbons (Fsp3) is 0.357. The van der Waals surface area contributed by atoms with Crippen molar-refractivity contribution < 1.29 is 0 Å². The number of aromatic nitrogens is 2. The Hall–Kier alpha value is -1.61. The van der Waals surface area contributed by atoms with Crippen molar-refractivity contribution in [2.24, 2.45) is 0 Å². The first-order valence-corrected chi connectivity index (χ1v) is 5.92. The van der Waals surface area contributed by atoms with E-state index in [0.717, 1.165) is 18.9 Å². The minimum Gasteiger partial charge on any atom is -0.348 e. The van der Waals surface area contributed by atoms with E-state index in [1.165, 1.54) is 22.3 Å². The van der Waals surface area contributed by atoms with Crippen LogP contribution in [0.5, 0.6) is 0 Å². The van der Waals surface area contributed by atoms with Gasteiger partial charge in [0.25, 0.3) is 0 Å². The molecule has 3 nitrogen and oxygen atoms in total. The normalized spacial score (nSPS) is 10.8. The number of rotatable bonds is 4. The van der Waals surface area contributed by atoms with E-state index in [1.807, 2.05) is 6.20 Å². The van der Waals surface area contributed by atoms with Crippen molar-refractivity contribution in [3.8, 4) is 0 Å². The summed E-state index contributed by atoms with van der Waals surface area (Å²) >= 11 is 0. The second-order valence-corrected chi connectivity index (χ2v) is 4.52. The number of benzene rings is 1. The third kappa shape index (κ3) is 2.94. The van der Waals surface area contributed by atoms with Gasteiger partial charge in [0.2, 0.25) is 0 Å². The number of hydrogen-bond donors (Lipinski definition) is 2. The van der Waals surface area contributed by atoms with Crippen LogP contribution in [0.15, 0.2) is 24.5 Å². The average Bonchev–Trinajstić information content (AvgIpc) is 2.74. The Bertz CT molecular complexity index is 463. The summed E-state index contributed by atoms with van der Waals surface area (Å²) in [4.78, 5) is 7.28. The van der Waals surface area contributed by atoms with Crippen LogP contribution in [0.2, 0.25) is 0 Å². The second kappa shape index (κ2) is 5.15. The van der Waals surface area contributed by atoms with E-state index < -0.39 is 0 Å². The Morgan fingerprint density at radius 2 is 1.82 bits per heavy atom. The highest BCUT2D eigenvalue weighted by Gasteiger charge is 2.03. The number of hydrogen-bond acceptors (Lipinski definition) is 2. The maximum atomic E-state index is 4.19. The van der Waals surface area contributed by atoms with Gasteiger partial charge in [0.15, 0.2) is 0 Å². The van der Waals surface area contributed by atoms with Gasteiger partial charge in [-0.15, -0.1) is 0 Å². The van der Waals surface area contributed by atoms with Crippen molar-refractivity contribution in [3.63, 3.8) is 0 Å². The van der Waals surface area contributed by atoms with Crippen molar-refractivity contribution in [2.75, 3.05) is 0 Å². The zero-order valence-electron chi connectivity index (χ0n) is 10.7. The van der Waals surface area contributed by atoms with E-state index in [4.69, 9.17) is 0 Å². The Kier molecular flexibility index (Phi) is 3.59. The maximum absolute atomic E-state index is 4.19. The van der Waals surface area contributed by atoms with E-state index in [-0.39, 0.29) is 0 Å². The molecule has 1 aromatic carbocycles. The Labute approximate surface area is 102 Å². The van der Waals surface area contributed by atoms with Gasteiger partial charge in [0.1, 0.15) is 5.82 Å². The number of aryl methyl sites for hydroxylation is 3. The summed E-state index contributed by atoms with van der Waals surface area (Å²) in [7, 11) is 0. The fourth-order valence-corrected chi connectivity index (χ4v) is 2.19. The molecule has 0 saturated heterocycles. The van der Waals surface area contributed by atoms with Gasteiger partial charge in [-0.25, -0.2) is 4.98 Å². The minimum atomic E-state index is 0.778. The van der Waals surface area contributed by atoms with Crippen LogP contribution in [-0.2, 0) is 13.1 Å². The van der Waals surface area contributed by atoms with Gasteiger partial charge in [0, 0.05) is 18.9 Å². The summed E-state index contributed by atoms with van der Waals surface area (Å²) in [6.45, 7) is 8.15. The van der Waals surface area contributed by atoms with Gasteiger partial charge in [-0.05, 0) is 37.5 Å². The molecule has 2 rings (SSSR count). The van der Waals surface area contributed by atoms with Crippen LogP contribution in [0, 0.1) is 20.8 Å². The molecule has 3 heteroatoms. The zero-order valence-corrected chi connectivity index (χ0v) is 10.7. The maximum Gasteiger partial charge on any atom is 0.120 e. The molecule has 0 spiro atoms. The number of imidazole rings is 1. The van der Waals surface area contributed by atoms with Gasteiger partial charge in [-0.3, -0.25) is 0 Å². The Balaban J connectivity index is 1.99. The van der Waals surface area contributed by atoms with Crippen LogP contribution in [-0.4, -0.2) is 9.97 Å². The standard InChI is InChI=1S/C14H19N3/c1-10-6-11(2)13(12(3)7-10)8-15-9-14-16-4-5-17-14/h4-7,15H,8-9H2,1-3H3,(H,16,17). The number of H-pyrrole nitrogens is 1. The molecule has 2 aromatic rings. The molecule has 1 aromatic heterocycles. The highest BCUT2D eigenvalue weighted by molar-refractivity contribution is 5.37. The molecule has 1 heterocycles. The molecule has 0 amide bonds. The smallest absolute Gasteiger partial charge is 0.120 e. The Morgan fingerprint density at radius 1 is 1.12 bits per heavy atom. The molecule has 0 aliphatic carbocycles. The number of nitrogens with one attached hydrogen (secondary N) is 2. The molecule has 0 saturated carbocycles. The van der Waals surface area contributed by atoms with E-state index in [1.54, 1.807) is 6.20 Å². The van der Waals surface area contributed by atoms with E-state index in [9.17, 15) is 0 Å². The van der Waals surface area contributed by atoms with Gasteiger partial charge >= 0.3 is 0 Å². The molecular weight excluding hydrogens is 210 g/mol. The monoisotopic (exact) mass is 229 g/mol. The largest absolute Gasteiger partial charge is 0.348 e. The van der Waals surface area contributed by atoms with Crippen LogP contribution in [0.1, 0.15) is 28.1 Å².